The molecule has 0 saturated carbocycles. The highest BCUT2D eigenvalue weighted by atomic mass is 19.2. The molecular formula is C13H10F2O. The van der Waals surface area contributed by atoms with Gasteiger partial charge in [0.15, 0.2) is 11.6 Å². The third-order valence-electron chi connectivity index (χ3n) is 2.33. The van der Waals surface area contributed by atoms with Crippen molar-refractivity contribution >= 4 is 0 Å². The Kier molecular flexibility index (Phi) is 2.86. The molecule has 1 nitrogen and oxygen atoms in total. The highest BCUT2D eigenvalue weighted by Gasteiger charge is 2.09. The molecule has 0 aliphatic heterocycles. The molecule has 0 bridgehead atoms. The lowest BCUT2D eigenvalue weighted by atomic mass is 10.0. The van der Waals surface area contributed by atoms with Gasteiger partial charge in [0.2, 0.25) is 0 Å². The van der Waals surface area contributed by atoms with Crippen LogP contribution in [0, 0.1) is 11.6 Å². The van der Waals surface area contributed by atoms with Crippen molar-refractivity contribution in [3.8, 4) is 16.9 Å². The van der Waals surface area contributed by atoms with E-state index < -0.39 is 11.6 Å². The topological polar surface area (TPSA) is 9.23 Å². The minimum absolute atomic E-state index is 0.235. The van der Waals surface area contributed by atoms with Crippen LogP contribution in [-0.2, 0) is 0 Å². The predicted molar refractivity (Wildman–Crippen MR) is 58.3 cm³/mol. The maximum absolute atomic E-state index is 13.5. The normalized spacial score (nSPS) is 10.2. The van der Waals surface area contributed by atoms with E-state index in [4.69, 9.17) is 4.74 Å². The maximum Gasteiger partial charge on any atom is 0.166 e. The van der Waals surface area contributed by atoms with Gasteiger partial charge in [0.05, 0.1) is 7.11 Å². The molecule has 0 radical (unpaired) electrons. The van der Waals surface area contributed by atoms with Crippen LogP contribution in [0.25, 0.3) is 11.1 Å². The first kappa shape index (κ1) is 10.6. The van der Waals surface area contributed by atoms with E-state index in [-0.39, 0.29) is 5.56 Å². The molecule has 0 saturated heterocycles. The zero-order chi connectivity index (χ0) is 11.5. The van der Waals surface area contributed by atoms with Crippen molar-refractivity contribution in [2.45, 2.75) is 0 Å². The largest absolute Gasteiger partial charge is 0.497 e. The van der Waals surface area contributed by atoms with Crippen molar-refractivity contribution in [3.05, 3.63) is 54.1 Å². The van der Waals surface area contributed by atoms with Crippen molar-refractivity contribution in [1.29, 1.82) is 0 Å². The van der Waals surface area contributed by atoms with Gasteiger partial charge < -0.3 is 4.74 Å². The molecule has 0 N–H and O–H groups in total. The van der Waals surface area contributed by atoms with Crippen LogP contribution in [-0.4, -0.2) is 7.11 Å². The van der Waals surface area contributed by atoms with Crippen LogP contribution in [0.3, 0.4) is 0 Å². The molecule has 16 heavy (non-hydrogen) atoms. The van der Waals surface area contributed by atoms with Crippen LogP contribution in [0.2, 0.25) is 0 Å². The lowest BCUT2D eigenvalue weighted by Gasteiger charge is -2.06. The zero-order valence-electron chi connectivity index (χ0n) is 8.71. The van der Waals surface area contributed by atoms with E-state index in [2.05, 4.69) is 0 Å². The van der Waals surface area contributed by atoms with E-state index in [1.165, 1.54) is 19.2 Å². The van der Waals surface area contributed by atoms with Gasteiger partial charge in [0, 0.05) is 5.56 Å². The molecule has 0 unspecified atom stereocenters. The van der Waals surface area contributed by atoms with Crippen molar-refractivity contribution in [2.24, 2.45) is 0 Å². The Morgan fingerprint density at radius 3 is 2.50 bits per heavy atom. The smallest absolute Gasteiger partial charge is 0.166 e. The summed E-state index contributed by atoms with van der Waals surface area (Å²) in [7, 11) is 1.53. The molecule has 0 spiro atoms. The number of hydrogen-bond acceptors (Lipinski definition) is 1. The minimum Gasteiger partial charge on any atom is -0.497 e. The van der Waals surface area contributed by atoms with Crippen molar-refractivity contribution in [2.75, 3.05) is 7.11 Å². The first-order valence-electron chi connectivity index (χ1n) is 4.81. The van der Waals surface area contributed by atoms with Gasteiger partial charge in [-0.05, 0) is 23.8 Å². The summed E-state index contributed by atoms with van der Waals surface area (Å²) in [6.45, 7) is 0. The Hall–Kier alpha value is -1.90. The molecule has 82 valence electrons. The highest BCUT2D eigenvalue weighted by molar-refractivity contribution is 5.65. The average Bonchev–Trinajstić information content (AvgIpc) is 2.33. The summed E-state index contributed by atoms with van der Waals surface area (Å²) in [5.74, 6) is -1.07. The fourth-order valence-electron chi connectivity index (χ4n) is 1.52. The van der Waals surface area contributed by atoms with Gasteiger partial charge >= 0.3 is 0 Å². The Labute approximate surface area is 92.3 Å². The minimum atomic E-state index is -0.847. The second kappa shape index (κ2) is 4.31. The lowest BCUT2D eigenvalue weighted by Crippen LogP contribution is -1.90. The van der Waals surface area contributed by atoms with Crippen LogP contribution in [0.4, 0.5) is 8.78 Å². The van der Waals surface area contributed by atoms with Crippen molar-refractivity contribution in [1.82, 2.24) is 0 Å². The van der Waals surface area contributed by atoms with Crippen LogP contribution in [0.1, 0.15) is 0 Å². The van der Waals surface area contributed by atoms with Gasteiger partial charge in [0.1, 0.15) is 5.75 Å². The quantitative estimate of drug-likeness (QED) is 0.750. The average molecular weight is 220 g/mol. The summed E-state index contributed by atoms with van der Waals surface area (Å²) >= 11 is 0. The Morgan fingerprint density at radius 2 is 1.75 bits per heavy atom. The molecule has 0 aromatic heterocycles. The zero-order valence-corrected chi connectivity index (χ0v) is 8.71. The van der Waals surface area contributed by atoms with Gasteiger partial charge in [-0.2, -0.15) is 0 Å². The number of hydrogen-bond donors (Lipinski definition) is 0. The summed E-state index contributed by atoms with van der Waals surface area (Å²) in [6, 6.07) is 11.0. The Balaban J connectivity index is 2.54. The molecule has 0 fully saturated rings. The second-order valence-corrected chi connectivity index (χ2v) is 3.33. The molecule has 2 rings (SSSR count). The standard InChI is InChI=1S/C13H10F2O/c1-16-10-5-2-4-9(8-10)11-6-3-7-12(14)13(11)15/h2-8H,1H3. The van der Waals surface area contributed by atoms with Crippen LogP contribution >= 0.6 is 0 Å². The Morgan fingerprint density at radius 1 is 1.00 bits per heavy atom. The van der Waals surface area contributed by atoms with E-state index in [0.29, 0.717) is 11.3 Å². The molecule has 0 amide bonds. The molecule has 0 aliphatic rings. The summed E-state index contributed by atoms with van der Waals surface area (Å²) in [6.07, 6.45) is 0. The van der Waals surface area contributed by atoms with Crippen LogP contribution < -0.4 is 4.74 Å². The van der Waals surface area contributed by atoms with Crippen LogP contribution in [0.15, 0.2) is 42.5 Å². The first-order valence-corrected chi connectivity index (χ1v) is 4.81. The van der Waals surface area contributed by atoms with Crippen molar-refractivity contribution < 1.29 is 13.5 Å². The highest BCUT2D eigenvalue weighted by Crippen LogP contribution is 2.27. The second-order valence-electron chi connectivity index (χ2n) is 3.33. The molecule has 3 heteroatoms. The summed E-state index contributed by atoms with van der Waals surface area (Å²) in [4.78, 5) is 0. The summed E-state index contributed by atoms with van der Waals surface area (Å²) in [5.41, 5.74) is 0.829. The van der Waals surface area contributed by atoms with Crippen LogP contribution in [0.5, 0.6) is 5.75 Å². The third kappa shape index (κ3) is 1.89. The molecule has 0 atom stereocenters. The number of ether oxygens (including phenoxy) is 1. The van der Waals surface area contributed by atoms with Gasteiger partial charge in [-0.1, -0.05) is 24.3 Å². The van der Waals surface area contributed by atoms with Gasteiger partial charge in [-0.3, -0.25) is 0 Å². The van der Waals surface area contributed by atoms with Gasteiger partial charge in [-0.25, -0.2) is 8.78 Å². The lowest BCUT2D eigenvalue weighted by molar-refractivity contribution is 0.415. The third-order valence-corrected chi connectivity index (χ3v) is 2.33. The summed E-state index contributed by atoms with van der Waals surface area (Å²) < 4.78 is 31.6. The van der Waals surface area contributed by atoms with E-state index in [0.717, 1.165) is 6.07 Å². The number of benzene rings is 2. The molecule has 0 heterocycles. The molecule has 2 aromatic rings. The SMILES string of the molecule is COc1cccc(-c2cccc(F)c2F)c1. The van der Waals surface area contributed by atoms with E-state index in [9.17, 15) is 8.78 Å². The molecule has 2 aromatic carbocycles. The molecule has 0 aliphatic carbocycles. The first-order chi connectivity index (χ1) is 7.72. The van der Waals surface area contributed by atoms with E-state index >= 15 is 0 Å². The number of rotatable bonds is 2. The van der Waals surface area contributed by atoms with E-state index in [1.807, 2.05) is 0 Å². The Bertz CT molecular complexity index is 509. The summed E-state index contributed by atoms with van der Waals surface area (Å²) in [5, 5.41) is 0. The monoisotopic (exact) mass is 220 g/mol. The maximum atomic E-state index is 13.5. The number of halogens is 2. The van der Waals surface area contributed by atoms with E-state index in [1.54, 1.807) is 24.3 Å². The fraction of sp³-hybridized carbons (Fsp3) is 0.0769. The van der Waals surface area contributed by atoms with Gasteiger partial charge in [0.25, 0.3) is 0 Å². The van der Waals surface area contributed by atoms with Crippen molar-refractivity contribution in [3.63, 3.8) is 0 Å². The predicted octanol–water partition coefficient (Wildman–Crippen LogP) is 3.64. The fourth-order valence-corrected chi connectivity index (χ4v) is 1.52. The molecular weight excluding hydrogens is 210 g/mol. The number of methoxy groups -OCH3 is 1. The van der Waals surface area contributed by atoms with Gasteiger partial charge in [-0.15, -0.1) is 0 Å².